The van der Waals surface area contributed by atoms with Gasteiger partial charge in [0.25, 0.3) is 5.91 Å². The molecular formula is C21H24N4O4. The van der Waals surface area contributed by atoms with Gasteiger partial charge in [-0.15, -0.1) is 0 Å². The van der Waals surface area contributed by atoms with Crippen LogP contribution in [0.2, 0.25) is 0 Å². The maximum Gasteiger partial charge on any atom is 0.251 e. The minimum absolute atomic E-state index is 0.194. The lowest BCUT2D eigenvalue weighted by Crippen LogP contribution is -2.33. The molecule has 2 aromatic carbocycles. The summed E-state index contributed by atoms with van der Waals surface area (Å²) in [7, 11) is 0. The van der Waals surface area contributed by atoms with E-state index in [1.165, 1.54) is 32.0 Å². The summed E-state index contributed by atoms with van der Waals surface area (Å²) in [5, 5.41) is 10.4. The van der Waals surface area contributed by atoms with Gasteiger partial charge < -0.3 is 21.3 Å². The monoisotopic (exact) mass is 396 g/mol. The Morgan fingerprint density at radius 1 is 0.828 bits per heavy atom. The molecule has 8 heteroatoms. The van der Waals surface area contributed by atoms with Crippen LogP contribution >= 0.6 is 0 Å². The molecule has 4 amide bonds. The quantitative estimate of drug-likeness (QED) is 0.600. The lowest BCUT2D eigenvalue weighted by atomic mass is 10.1. The maximum atomic E-state index is 12.5. The summed E-state index contributed by atoms with van der Waals surface area (Å²) >= 11 is 0. The third-order valence-electron chi connectivity index (χ3n) is 4.12. The highest BCUT2D eigenvalue weighted by molar-refractivity contribution is 6.02. The molecule has 0 spiro atoms. The molecule has 8 nitrogen and oxygen atoms in total. The van der Waals surface area contributed by atoms with E-state index < -0.39 is 5.91 Å². The number of aryl methyl sites for hydroxylation is 1. The summed E-state index contributed by atoms with van der Waals surface area (Å²) < 4.78 is 0. The second-order valence-electron chi connectivity index (χ2n) is 6.64. The first-order valence-corrected chi connectivity index (χ1v) is 9.00. The number of hydrogen-bond donors (Lipinski definition) is 4. The Morgan fingerprint density at radius 2 is 1.41 bits per heavy atom. The molecule has 0 aromatic heterocycles. The molecule has 2 rings (SSSR count). The molecule has 4 N–H and O–H groups in total. The van der Waals surface area contributed by atoms with E-state index in [-0.39, 0.29) is 29.8 Å². The fourth-order valence-electron chi connectivity index (χ4n) is 2.65. The molecule has 29 heavy (non-hydrogen) atoms. The molecule has 0 aliphatic carbocycles. The van der Waals surface area contributed by atoms with Crippen molar-refractivity contribution in [3.05, 3.63) is 53.1 Å². The topological polar surface area (TPSA) is 116 Å². The first-order valence-electron chi connectivity index (χ1n) is 9.00. The van der Waals surface area contributed by atoms with Gasteiger partial charge >= 0.3 is 0 Å². The van der Waals surface area contributed by atoms with Crippen LogP contribution < -0.4 is 21.3 Å². The summed E-state index contributed by atoms with van der Waals surface area (Å²) in [6.07, 6.45) is 0. The Kier molecular flexibility index (Phi) is 7.08. The van der Waals surface area contributed by atoms with Crippen LogP contribution in [0, 0.1) is 13.8 Å². The van der Waals surface area contributed by atoms with Gasteiger partial charge in [-0.05, 0) is 49.2 Å². The third kappa shape index (κ3) is 6.46. The van der Waals surface area contributed by atoms with Crippen LogP contribution in [-0.4, -0.2) is 30.2 Å². The summed E-state index contributed by atoms with van der Waals surface area (Å²) in [5.41, 5.74) is 3.59. The standard InChI is InChI=1S/C21H24N4O4/c1-12-6-5-7-19(13(12)2)25-20(28)11-22-21(29)16-8-17(23-14(3)26)10-18(9-16)24-15(4)27/h5-10H,11H2,1-4H3,(H,22,29)(H,23,26)(H,24,27)(H,25,28). The summed E-state index contributed by atoms with van der Waals surface area (Å²) in [5.74, 6) is -1.51. The molecule has 0 radical (unpaired) electrons. The summed E-state index contributed by atoms with van der Waals surface area (Å²) in [6.45, 7) is 6.29. The average Bonchev–Trinajstić information content (AvgIpc) is 2.62. The minimum atomic E-state index is -0.514. The van der Waals surface area contributed by atoms with Crippen LogP contribution in [0.5, 0.6) is 0 Å². The number of carbonyl (C=O) groups is 4. The fraction of sp³-hybridized carbons (Fsp3) is 0.238. The van der Waals surface area contributed by atoms with E-state index in [0.29, 0.717) is 17.1 Å². The van der Waals surface area contributed by atoms with Crippen molar-refractivity contribution in [3.8, 4) is 0 Å². The molecule has 0 aliphatic rings. The Balaban J connectivity index is 2.08. The number of amides is 4. The van der Waals surface area contributed by atoms with Gasteiger partial charge in [-0.2, -0.15) is 0 Å². The van der Waals surface area contributed by atoms with Crippen molar-refractivity contribution < 1.29 is 19.2 Å². The zero-order chi connectivity index (χ0) is 21.6. The number of anilines is 3. The van der Waals surface area contributed by atoms with Crippen LogP contribution in [0.15, 0.2) is 36.4 Å². The van der Waals surface area contributed by atoms with Crippen LogP contribution in [0.1, 0.15) is 35.3 Å². The molecule has 0 fully saturated rings. The molecule has 0 saturated heterocycles. The number of nitrogens with one attached hydrogen (secondary N) is 4. The van der Waals surface area contributed by atoms with Gasteiger partial charge in [-0.25, -0.2) is 0 Å². The van der Waals surface area contributed by atoms with Crippen molar-refractivity contribution in [2.45, 2.75) is 27.7 Å². The second-order valence-corrected chi connectivity index (χ2v) is 6.64. The minimum Gasteiger partial charge on any atom is -0.343 e. The first-order chi connectivity index (χ1) is 13.7. The maximum absolute atomic E-state index is 12.5. The molecule has 0 bridgehead atoms. The van der Waals surface area contributed by atoms with Crippen LogP contribution in [-0.2, 0) is 14.4 Å². The van der Waals surface area contributed by atoms with E-state index in [2.05, 4.69) is 21.3 Å². The van der Waals surface area contributed by atoms with Gasteiger partial charge in [-0.1, -0.05) is 12.1 Å². The molecule has 0 unspecified atom stereocenters. The highest BCUT2D eigenvalue weighted by atomic mass is 16.2. The van der Waals surface area contributed by atoms with E-state index in [1.807, 2.05) is 26.0 Å². The van der Waals surface area contributed by atoms with Crippen molar-refractivity contribution in [3.63, 3.8) is 0 Å². The molecule has 0 saturated carbocycles. The number of rotatable bonds is 6. The Hall–Kier alpha value is -3.68. The Labute approximate surface area is 169 Å². The zero-order valence-electron chi connectivity index (χ0n) is 16.8. The van der Waals surface area contributed by atoms with Gasteiger partial charge in [0.05, 0.1) is 6.54 Å². The predicted octanol–water partition coefficient (Wildman–Crippen LogP) is 2.59. The Morgan fingerprint density at radius 3 is 1.97 bits per heavy atom. The number of hydrogen-bond acceptors (Lipinski definition) is 4. The molecule has 152 valence electrons. The van der Waals surface area contributed by atoms with E-state index in [4.69, 9.17) is 0 Å². The van der Waals surface area contributed by atoms with Gasteiger partial charge in [0.15, 0.2) is 0 Å². The SMILES string of the molecule is CC(=O)Nc1cc(NC(C)=O)cc(C(=O)NCC(=O)Nc2cccc(C)c2C)c1. The van der Waals surface area contributed by atoms with Crippen molar-refractivity contribution in [2.75, 3.05) is 22.5 Å². The lowest BCUT2D eigenvalue weighted by molar-refractivity contribution is -0.115. The van der Waals surface area contributed by atoms with E-state index in [0.717, 1.165) is 11.1 Å². The van der Waals surface area contributed by atoms with Crippen LogP contribution in [0.4, 0.5) is 17.1 Å². The van der Waals surface area contributed by atoms with Crippen molar-refractivity contribution in [1.82, 2.24) is 5.32 Å². The molecule has 0 heterocycles. The largest absolute Gasteiger partial charge is 0.343 e. The molecule has 2 aromatic rings. The summed E-state index contributed by atoms with van der Waals surface area (Å²) in [6, 6.07) is 10.0. The second kappa shape index (κ2) is 9.50. The van der Waals surface area contributed by atoms with Gasteiger partial charge in [0.1, 0.15) is 0 Å². The number of benzene rings is 2. The molecule has 0 aliphatic heterocycles. The summed E-state index contributed by atoms with van der Waals surface area (Å²) in [4.78, 5) is 47.3. The zero-order valence-corrected chi connectivity index (χ0v) is 16.8. The number of carbonyl (C=O) groups excluding carboxylic acids is 4. The van der Waals surface area contributed by atoms with Gasteiger partial charge in [-0.3, -0.25) is 19.2 Å². The first kappa shape index (κ1) is 21.6. The third-order valence-corrected chi connectivity index (χ3v) is 4.12. The van der Waals surface area contributed by atoms with Gasteiger partial charge in [0.2, 0.25) is 17.7 Å². The fourth-order valence-corrected chi connectivity index (χ4v) is 2.65. The molecule has 0 atom stereocenters. The van der Waals surface area contributed by atoms with E-state index in [1.54, 1.807) is 6.07 Å². The van der Waals surface area contributed by atoms with E-state index in [9.17, 15) is 19.2 Å². The Bertz CT molecular complexity index is 935. The van der Waals surface area contributed by atoms with Gasteiger partial charge in [0, 0.05) is 36.5 Å². The van der Waals surface area contributed by atoms with Crippen molar-refractivity contribution >= 4 is 40.7 Å². The molecular weight excluding hydrogens is 372 g/mol. The average molecular weight is 396 g/mol. The smallest absolute Gasteiger partial charge is 0.251 e. The lowest BCUT2D eigenvalue weighted by Gasteiger charge is -2.12. The van der Waals surface area contributed by atoms with E-state index >= 15 is 0 Å². The highest BCUT2D eigenvalue weighted by Crippen LogP contribution is 2.20. The highest BCUT2D eigenvalue weighted by Gasteiger charge is 2.13. The predicted molar refractivity (Wildman–Crippen MR) is 112 cm³/mol. The van der Waals surface area contributed by atoms with Crippen LogP contribution in [0.25, 0.3) is 0 Å². The normalized spacial score (nSPS) is 10.1. The van der Waals surface area contributed by atoms with Crippen molar-refractivity contribution in [1.29, 1.82) is 0 Å². The van der Waals surface area contributed by atoms with Crippen molar-refractivity contribution in [2.24, 2.45) is 0 Å². The van der Waals surface area contributed by atoms with Crippen LogP contribution in [0.3, 0.4) is 0 Å².